The van der Waals surface area contributed by atoms with Crippen molar-refractivity contribution >= 4 is 5.91 Å². The van der Waals surface area contributed by atoms with E-state index in [1.807, 2.05) is 51.5 Å². The fourth-order valence-electron chi connectivity index (χ4n) is 3.64. The Balaban J connectivity index is 1.68. The van der Waals surface area contributed by atoms with E-state index in [9.17, 15) is 4.79 Å². The average Bonchev–Trinajstić information content (AvgIpc) is 2.67. The number of hydrogen-bond donors (Lipinski definition) is 1. The van der Waals surface area contributed by atoms with Crippen LogP contribution in [0.15, 0.2) is 30.7 Å². The van der Waals surface area contributed by atoms with Crippen molar-refractivity contribution in [1.29, 1.82) is 0 Å². The number of aryl methyl sites for hydroxylation is 1. The predicted molar refractivity (Wildman–Crippen MR) is 103 cm³/mol. The number of rotatable bonds is 5. The number of carbonyl (C=O) groups excluding carboxylic acids is 1. The second kappa shape index (κ2) is 8.39. The topological polar surface area (TPSA) is 67.8 Å². The molecule has 0 bridgehead atoms. The van der Waals surface area contributed by atoms with Gasteiger partial charge in [0.15, 0.2) is 0 Å². The maximum atomic E-state index is 11.8. The van der Waals surface area contributed by atoms with Crippen molar-refractivity contribution < 1.29 is 4.79 Å². The van der Waals surface area contributed by atoms with Gasteiger partial charge in [-0.25, -0.2) is 9.97 Å². The third kappa shape index (κ3) is 4.45. The third-order valence-corrected chi connectivity index (χ3v) is 5.25. The largest absolute Gasteiger partial charge is 0.356 e. The molecule has 5 nitrogen and oxygen atoms in total. The first kappa shape index (κ1) is 18.5. The fourth-order valence-corrected chi connectivity index (χ4v) is 3.64. The Morgan fingerprint density at radius 1 is 1.19 bits per heavy atom. The maximum absolute atomic E-state index is 11.8. The number of amides is 1. The lowest BCUT2D eigenvalue weighted by Gasteiger charge is -2.29. The zero-order valence-corrected chi connectivity index (χ0v) is 15.9. The van der Waals surface area contributed by atoms with Crippen molar-refractivity contribution in [2.45, 2.75) is 52.4 Å². The van der Waals surface area contributed by atoms with Crippen LogP contribution in [-0.2, 0) is 4.79 Å². The molecule has 0 unspecified atom stereocenters. The number of nitrogens with zero attached hydrogens (tertiary/aromatic N) is 3. The Bertz CT molecular complexity index is 737. The Morgan fingerprint density at radius 2 is 1.88 bits per heavy atom. The molecule has 138 valence electrons. The number of carbonyl (C=O) groups is 1. The van der Waals surface area contributed by atoms with Crippen LogP contribution in [0.5, 0.6) is 0 Å². The molecule has 3 rings (SSSR count). The first-order chi connectivity index (χ1) is 12.5. The van der Waals surface area contributed by atoms with Crippen LogP contribution in [0.3, 0.4) is 0 Å². The van der Waals surface area contributed by atoms with Gasteiger partial charge in [-0.1, -0.05) is 13.8 Å². The minimum absolute atomic E-state index is 0.0539. The van der Waals surface area contributed by atoms with Crippen molar-refractivity contribution in [2.75, 3.05) is 6.54 Å². The third-order valence-electron chi connectivity index (χ3n) is 5.25. The average molecular weight is 352 g/mol. The Labute approximate surface area is 155 Å². The highest BCUT2D eigenvalue weighted by atomic mass is 16.1. The number of pyridine rings is 1. The summed E-state index contributed by atoms with van der Waals surface area (Å²) in [6.45, 7) is 6.62. The summed E-state index contributed by atoms with van der Waals surface area (Å²) in [5, 5.41) is 3.08. The van der Waals surface area contributed by atoms with E-state index >= 15 is 0 Å². The molecule has 1 amide bonds. The van der Waals surface area contributed by atoms with Crippen molar-refractivity contribution in [3.05, 3.63) is 42.2 Å². The van der Waals surface area contributed by atoms with Crippen LogP contribution in [0.4, 0.5) is 0 Å². The zero-order valence-electron chi connectivity index (χ0n) is 15.9. The van der Waals surface area contributed by atoms with Crippen LogP contribution in [0.25, 0.3) is 11.1 Å². The Hall–Kier alpha value is -2.30. The van der Waals surface area contributed by atoms with Gasteiger partial charge in [-0.05, 0) is 56.2 Å². The van der Waals surface area contributed by atoms with E-state index in [0.29, 0.717) is 11.8 Å². The molecule has 0 radical (unpaired) electrons. The second-order valence-corrected chi connectivity index (χ2v) is 7.57. The number of nitrogens with one attached hydrogen (secondary N) is 1. The van der Waals surface area contributed by atoms with Crippen LogP contribution < -0.4 is 5.32 Å². The van der Waals surface area contributed by atoms with Crippen LogP contribution in [0.2, 0.25) is 0 Å². The van der Waals surface area contributed by atoms with Gasteiger partial charge in [-0.2, -0.15) is 0 Å². The molecule has 26 heavy (non-hydrogen) atoms. The SMILES string of the molecule is Cc1ncc(-c2ccncc2)c(C2CCC(CNC(=O)C(C)C)CC2)n1. The summed E-state index contributed by atoms with van der Waals surface area (Å²) < 4.78 is 0. The molecule has 0 spiro atoms. The van der Waals surface area contributed by atoms with Crippen LogP contribution >= 0.6 is 0 Å². The summed E-state index contributed by atoms with van der Waals surface area (Å²) >= 11 is 0. The number of aromatic nitrogens is 3. The molecule has 0 saturated heterocycles. The first-order valence-corrected chi connectivity index (χ1v) is 9.56. The number of hydrogen-bond acceptors (Lipinski definition) is 4. The first-order valence-electron chi connectivity index (χ1n) is 9.56. The normalized spacial score (nSPS) is 20.2. The van der Waals surface area contributed by atoms with E-state index in [-0.39, 0.29) is 11.8 Å². The van der Waals surface area contributed by atoms with E-state index in [0.717, 1.165) is 54.9 Å². The highest BCUT2D eigenvalue weighted by Crippen LogP contribution is 2.38. The van der Waals surface area contributed by atoms with Crippen molar-refractivity contribution in [3.8, 4) is 11.1 Å². The molecule has 2 heterocycles. The molecule has 0 aliphatic heterocycles. The van der Waals surface area contributed by atoms with Crippen LogP contribution in [-0.4, -0.2) is 27.4 Å². The molecule has 1 fully saturated rings. The molecule has 1 saturated carbocycles. The van der Waals surface area contributed by atoms with Gasteiger partial charge in [0.05, 0.1) is 5.69 Å². The fraction of sp³-hybridized carbons (Fsp3) is 0.524. The molecule has 1 aliphatic rings. The Kier molecular flexibility index (Phi) is 5.96. The monoisotopic (exact) mass is 352 g/mol. The molecule has 1 aliphatic carbocycles. The van der Waals surface area contributed by atoms with Gasteiger partial charge in [0.25, 0.3) is 0 Å². The van der Waals surface area contributed by atoms with Crippen molar-refractivity contribution in [3.63, 3.8) is 0 Å². The minimum Gasteiger partial charge on any atom is -0.356 e. The Morgan fingerprint density at radius 3 is 2.54 bits per heavy atom. The van der Waals surface area contributed by atoms with Gasteiger partial charge in [0.1, 0.15) is 5.82 Å². The van der Waals surface area contributed by atoms with E-state index in [2.05, 4.69) is 15.3 Å². The lowest BCUT2D eigenvalue weighted by atomic mass is 9.79. The lowest BCUT2D eigenvalue weighted by Crippen LogP contribution is -2.33. The van der Waals surface area contributed by atoms with Gasteiger partial charge < -0.3 is 5.32 Å². The summed E-state index contributed by atoms with van der Waals surface area (Å²) in [6, 6.07) is 4.04. The van der Waals surface area contributed by atoms with Gasteiger partial charge in [0, 0.05) is 42.5 Å². The molecule has 0 atom stereocenters. The van der Waals surface area contributed by atoms with Crippen LogP contribution in [0, 0.1) is 18.8 Å². The van der Waals surface area contributed by atoms with Crippen LogP contribution in [0.1, 0.15) is 57.0 Å². The summed E-state index contributed by atoms with van der Waals surface area (Å²) in [6.07, 6.45) is 10.0. The summed E-state index contributed by atoms with van der Waals surface area (Å²) in [4.78, 5) is 25.1. The molecular formula is C21H28N4O. The predicted octanol–water partition coefficient (Wildman–Crippen LogP) is 3.89. The van der Waals surface area contributed by atoms with Crippen molar-refractivity contribution in [2.24, 2.45) is 11.8 Å². The van der Waals surface area contributed by atoms with E-state index < -0.39 is 0 Å². The highest BCUT2D eigenvalue weighted by molar-refractivity contribution is 5.77. The molecular weight excluding hydrogens is 324 g/mol. The molecule has 2 aromatic heterocycles. The zero-order chi connectivity index (χ0) is 18.5. The summed E-state index contributed by atoms with van der Waals surface area (Å²) in [5.41, 5.74) is 3.41. The van der Waals surface area contributed by atoms with Gasteiger partial charge in [0.2, 0.25) is 5.91 Å². The highest BCUT2D eigenvalue weighted by Gasteiger charge is 2.26. The van der Waals surface area contributed by atoms with Gasteiger partial charge in [-0.15, -0.1) is 0 Å². The molecule has 5 heteroatoms. The molecule has 0 aromatic carbocycles. The second-order valence-electron chi connectivity index (χ2n) is 7.57. The smallest absolute Gasteiger partial charge is 0.222 e. The van der Waals surface area contributed by atoms with Crippen molar-refractivity contribution in [1.82, 2.24) is 20.3 Å². The summed E-state index contributed by atoms with van der Waals surface area (Å²) in [5.74, 6) is 2.05. The maximum Gasteiger partial charge on any atom is 0.222 e. The lowest BCUT2D eigenvalue weighted by molar-refractivity contribution is -0.124. The van der Waals surface area contributed by atoms with E-state index in [1.54, 1.807) is 0 Å². The van der Waals surface area contributed by atoms with E-state index in [1.165, 1.54) is 0 Å². The van der Waals surface area contributed by atoms with E-state index in [4.69, 9.17) is 4.98 Å². The molecule has 2 aromatic rings. The quantitative estimate of drug-likeness (QED) is 0.886. The molecule has 1 N–H and O–H groups in total. The van der Waals surface area contributed by atoms with Gasteiger partial charge in [-0.3, -0.25) is 9.78 Å². The minimum atomic E-state index is 0.0539. The standard InChI is InChI=1S/C21H28N4O/c1-14(2)21(26)24-12-16-4-6-18(7-5-16)20-19(13-23-15(3)25-20)17-8-10-22-11-9-17/h8-11,13-14,16,18H,4-7,12H2,1-3H3,(H,24,26). The van der Waals surface area contributed by atoms with Gasteiger partial charge >= 0.3 is 0 Å². The summed E-state index contributed by atoms with van der Waals surface area (Å²) in [7, 11) is 0.